The van der Waals surface area contributed by atoms with Gasteiger partial charge in [-0.05, 0) is 49.0 Å². The van der Waals surface area contributed by atoms with Gasteiger partial charge in [-0.15, -0.1) is 0 Å². The quantitative estimate of drug-likeness (QED) is 0.926. The molecule has 2 saturated heterocycles. The lowest BCUT2D eigenvalue weighted by Gasteiger charge is -2.43. The van der Waals surface area contributed by atoms with Crippen LogP contribution in [0.2, 0.25) is 0 Å². The minimum absolute atomic E-state index is 0.0632. The first-order chi connectivity index (χ1) is 10.2. The van der Waals surface area contributed by atoms with Crippen LogP contribution in [0.25, 0.3) is 0 Å². The van der Waals surface area contributed by atoms with Gasteiger partial charge in [0.05, 0.1) is 18.3 Å². The van der Waals surface area contributed by atoms with Gasteiger partial charge in [0.15, 0.2) is 0 Å². The Kier molecular flexibility index (Phi) is 4.77. The maximum Gasteiger partial charge on any atom is 0.119 e. The molecule has 3 nitrogen and oxygen atoms in total. The maximum atomic E-state index is 9.54. The van der Waals surface area contributed by atoms with E-state index in [1.807, 2.05) is 36.0 Å². The zero-order chi connectivity index (χ0) is 14.7. The summed E-state index contributed by atoms with van der Waals surface area (Å²) in [7, 11) is 0. The fourth-order valence-corrected chi connectivity index (χ4v) is 4.43. The third kappa shape index (κ3) is 3.74. The van der Waals surface area contributed by atoms with Crippen LogP contribution in [0.5, 0.6) is 5.75 Å². The third-order valence-corrected chi connectivity index (χ3v) is 5.50. The predicted octanol–water partition coefficient (Wildman–Crippen LogP) is 3.56. The molecule has 116 valence electrons. The summed E-state index contributed by atoms with van der Waals surface area (Å²) in [4.78, 5) is 0. The molecule has 21 heavy (non-hydrogen) atoms. The van der Waals surface area contributed by atoms with Gasteiger partial charge in [-0.3, -0.25) is 0 Å². The van der Waals surface area contributed by atoms with E-state index in [4.69, 9.17) is 9.47 Å². The van der Waals surface area contributed by atoms with E-state index in [1.54, 1.807) is 6.92 Å². The number of rotatable bonds is 3. The highest BCUT2D eigenvalue weighted by molar-refractivity contribution is 7.99. The summed E-state index contributed by atoms with van der Waals surface area (Å²) in [6.45, 7) is 2.58. The zero-order valence-corrected chi connectivity index (χ0v) is 13.4. The fraction of sp³-hybridized carbons (Fsp3) is 0.647. The van der Waals surface area contributed by atoms with E-state index < -0.39 is 6.10 Å². The fourth-order valence-electron chi connectivity index (χ4n) is 3.19. The molecule has 0 aromatic heterocycles. The minimum atomic E-state index is -0.426. The average molecular weight is 308 g/mol. The number of aliphatic hydroxyl groups is 1. The molecule has 0 saturated carbocycles. The molecule has 0 bridgehead atoms. The lowest BCUT2D eigenvalue weighted by Crippen LogP contribution is -2.46. The molecule has 1 N–H and O–H groups in total. The summed E-state index contributed by atoms with van der Waals surface area (Å²) < 4.78 is 12.2. The van der Waals surface area contributed by atoms with Crippen molar-refractivity contribution in [1.82, 2.24) is 0 Å². The van der Waals surface area contributed by atoms with E-state index >= 15 is 0 Å². The largest absolute Gasteiger partial charge is 0.490 e. The Bertz CT molecular complexity index is 446. The number of hydrogen-bond acceptors (Lipinski definition) is 4. The van der Waals surface area contributed by atoms with Gasteiger partial charge in [0.2, 0.25) is 0 Å². The van der Waals surface area contributed by atoms with E-state index in [2.05, 4.69) is 0 Å². The highest BCUT2D eigenvalue weighted by atomic mass is 32.2. The van der Waals surface area contributed by atoms with E-state index in [-0.39, 0.29) is 11.7 Å². The second-order valence-electron chi connectivity index (χ2n) is 6.12. The molecule has 1 spiro atoms. The highest BCUT2D eigenvalue weighted by Crippen LogP contribution is 2.38. The van der Waals surface area contributed by atoms with Crippen molar-refractivity contribution in [3.63, 3.8) is 0 Å². The van der Waals surface area contributed by atoms with Crippen LogP contribution in [0, 0.1) is 0 Å². The van der Waals surface area contributed by atoms with Crippen molar-refractivity contribution in [2.24, 2.45) is 0 Å². The monoisotopic (exact) mass is 308 g/mol. The zero-order valence-electron chi connectivity index (χ0n) is 12.6. The van der Waals surface area contributed by atoms with Gasteiger partial charge in [0.1, 0.15) is 11.9 Å². The number of aliphatic hydroxyl groups excluding tert-OH is 1. The average Bonchev–Trinajstić information content (AvgIpc) is 2.49. The lowest BCUT2D eigenvalue weighted by molar-refractivity contribution is -0.116. The van der Waals surface area contributed by atoms with Gasteiger partial charge < -0.3 is 14.6 Å². The summed E-state index contributed by atoms with van der Waals surface area (Å²) in [5.74, 6) is 3.30. The molecule has 1 aromatic carbocycles. The van der Waals surface area contributed by atoms with Crippen LogP contribution in [0.3, 0.4) is 0 Å². The molecule has 2 heterocycles. The molecule has 2 atom stereocenters. The van der Waals surface area contributed by atoms with Crippen molar-refractivity contribution in [2.45, 2.75) is 50.4 Å². The van der Waals surface area contributed by atoms with Crippen LogP contribution in [0.1, 0.15) is 44.3 Å². The van der Waals surface area contributed by atoms with Crippen molar-refractivity contribution < 1.29 is 14.6 Å². The van der Waals surface area contributed by atoms with Gasteiger partial charge in [0.25, 0.3) is 0 Å². The molecule has 1 aromatic rings. The standard InChI is InChI=1S/C17H24O3S/c1-13(18)14-2-4-15(5-3-14)20-16-6-9-19-17(12-16)7-10-21-11-8-17/h2-5,13,16,18H,6-12H2,1H3/t13-,16?/m0/s1. The summed E-state index contributed by atoms with van der Waals surface area (Å²) in [6, 6.07) is 7.79. The number of ether oxygens (including phenoxy) is 2. The normalized spacial score (nSPS) is 26.5. The summed E-state index contributed by atoms with van der Waals surface area (Å²) in [5.41, 5.74) is 0.989. The smallest absolute Gasteiger partial charge is 0.119 e. The minimum Gasteiger partial charge on any atom is -0.490 e. The van der Waals surface area contributed by atoms with Crippen molar-refractivity contribution >= 4 is 11.8 Å². The van der Waals surface area contributed by atoms with E-state index in [1.165, 1.54) is 11.5 Å². The first-order valence-corrected chi connectivity index (χ1v) is 8.99. The highest BCUT2D eigenvalue weighted by Gasteiger charge is 2.39. The van der Waals surface area contributed by atoms with E-state index in [0.717, 1.165) is 43.6 Å². The van der Waals surface area contributed by atoms with Gasteiger partial charge in [0, 0.05) is 12.8 Å². The Morgan fingerprint density at radius 2 is 2.00 bits per heavy atom. The lowest BCUT2D eigenvalue weighted by atomic mass is 9.86. The molecular weight excluding hydrogens is 284 g/mol. The SMILES string of the molecule is C[C@H](O)c1ccc(OC2CCOC3(CCSCC3)C2)cc1. The number of hydrogen-bond donors (Lipinski definition) is 1. The van der Waals surface area contributed by atoms with Crippen molar-refractivity contribution in [3.8, 4) is 5.75 Å². The number of thioether (sulfide) groups is 1. The van der Waals surface area contributed by atoms with Crippen LogP contribution in [0.4, 0.5) is 0 Å². The molecule has 0 radical (unpaired) electrons. The van der Waals surface area contributed by atoms with Crippen LogP contribution in [-0.2, 0) is 4.74 Å². The molecule has 1 unspecified atom stereocenters. The summed E-state index contributed by atoms with van der Waals surface area (Å²) >= 11 is 2.03. The van der Waals surface area contributed by atoms with Crippen LogP contribution < -0.4 is 4.74 Å². The van der Waals surface area contributed by atoms with Crippen LogP contribution in [-0.4, -0.2) is 34.9 Å². The molecule has 2 fully saturated rings. The predicted molar refractivity (Wildman–Crippen MR) is 86.0 cm³/mol. The molecule has 2 aliphatic heterocycles. The molecule has 0 amide bonds. The van der Waals surface area contributed by atoms with Crippen molar-refractivity contribution in [2.75, 3.05) is 18.1 Å². The molecule has 4 heteroatoms. The number of benzene rings is 1. The van der Waals surface area contributed by atoms with Gasteiger partial charge >= 0.3 is 0 Å². The van der Waals surface area contributed by atoms with Crippen LogP contribution in [0.15, 0.2) is 24.3 Å². The topological polar surface area (TPSA) is 38.7 Å². The van der Waals surface area contributed by atoms with E-state index in [9.17, 15) is 5.11 Å². The molecular formula is C17H24O3S. The molecule has 3 rings (SSSR count). The second kappa shape index (κ2) is 6.59. The third-order valence-electron chi connectivity index (χ3n) is 4.52. The summed E-state index contributed by atoms with van der Waals surface area (Å²) in [6.07, 6.45) is 4.10. The maximum absolute atomic E-state index is 9.54. The summed E-state index contributed by atoms with van der Waals surface area (Å²) in [5, 5.41) is 9.54. The Labute approximate surface area is 131 Å². The Hall–Kier alpha value is -0.710. The van der Waals surface area contributed by atoms with Gasteiger partial charge in [-0.25, -0.2) is 0 Å². The second-order valence-corrected chi connectivity index (χ2v) is 7.35. The van der Waals surface area contributed by atoms with Gasteiger partial charge in [-0.2, -0.15) is 11.8 Å². The Morgan fingerprint density at radius 3 is 2.67 bits per heavy atom. The van der Waals surface area contributed by atoms with Crippen LogP contribution >= 0.6 is 11.8 Å². The van der Waals surface area contributed by atoms with Crippen molar-refractivity contribution in [3.05, 3.63) is 29.8 Å². The molecule has 0 aliphatic carbocycles. The Morgan fingerprint density at radius 1 is 1.29 bits per heavy atom. The van der Waals surface area contributed by atoms with Gasteiger partial charge in [-0.1, -0.05) is 12.1 Å². The Balaban J connectivity index is 1.61. The first kappa shape index (κ1) is 15.2. The first-order valence-electron chi connectivity index (χ1n) is 7.83. The van der Waals surface area contributed by atoms with Crippen molar-refractivity contribution in [1.29, 1.82) is 0 Å². The molecule has 2 aliphatic rings. The van der Waals surface area contributed by atoms with E-state index in [0.29, 0.717) is 0 Å².